The van der Waals surface area contributed by atoms with Crippen molar-refractivity contribution in [2.75, 3.05) is 25.5 Å². The maximum Gasteiger partial charge on any atom is 0.321 e. The van der Waals surface area contributed by atoms with Crippen LogP contribution < -0.4 is 4.90 Å². The summed E-state index contributed by atoms with van der Waals surface area (Å²) in [6.45, 7) is 0.497. The molecule has 0 amide bonds. The Morgan fingerprint density at radius 1 is 1.16 bits per heavy atom. The summed E-state index contributed by atoms with van der Waals surface area (Å²) in [6, 6.07) is 14.9. The predicted molar refractivity (Wildman–Crippen MR) is 120 cm³/mol. The standard InChI is InChI=1S/C24H27N3O4/c1-26(2)16-7-5-6-15(12-16)13-20-23-18(17-8-3-4-9-19(17)25-23)10-11-27(20)21(24(30)31)14-22(28)29/h3-9,12,20-21,25H,10-11,13-14H2,1-2H3,(H,28,29)(H,30,31). The van der Waals surface area contributed by atoms with Crippen LogP contribution >= 0.6 is 0 Å². The summed E-state index contributed by atoms with van der Waals surface area (Å²) in [5.41, 5.74) is 5.34. The maximum absolute atomic E-state index is 12.0. The van der Waals surface area contributed by atoms with Crippen molar-refractivity contribution in [3.05, 3.63) is 65.4 Å². The van der Waals surface area contributed by atoms with Gasteiger partial charge in [0, 0.05) is 42.9 Å². The minimum Gasteiger partial charge on any atom is -0.481 e. The van der Waals surface area contributed by atoms with E-state index in [0.29, 0.717) is 19.4 Å². The number of nitrogens with one attached hydrogen (secondary N) is 1. The van der Waals surface area contributed by atoms with E-state index in [4.69, 9.17) is 0 Å². The van der Waals surface area contributed by atoms with Crippen LogP contribution in [0.15, 0.2) is 48.5 Å². The summed E-state index contributed by atoms with van der Waals surface area (Å²) in [6.07, 6.45) is 0.834. The van der Waals surface area contributed by atoms with Gasteiger partial charge >= 0.3 is 11.9 Å². The molecule has 0 aliphatic carbocycles. The number of hydrogen-bond acceptors (Lipinski definition) is 4. The van der Waals surface area contributed by atoms with E-state index >= 15 is 0 Å². The molecule has 0 saturated carbocycles. The molecule has 3 N–H and O–H groups in total. The first-order valence-electron chi connectivity index (χ1n) is 10.4. The van der Waals surface area contributed by atoms with Crippen LogP contribution in [0.2, 0.25) is 0 Å². The van der Waals surface area contributed by atoms with Crippen molar-refractivity contribution >= 4 is 28.5 Å². The van der Waals surface area contributed by atoms with Gasteiger partial charge in [-0.3, -0.25) is 14.5 Å². The number of carboxylic acids is 2. The number of nitrogens with zero attached hydrogens (tertiary/aromatic N) is 2. The number of fused-ring (bicyclic) bond motifs is 3. The molecule has 7 heteroatoms. The third-order valence-electron chi connectivity index (χ3n) is 6.11. The van der Waals surface area contributed by atoms with Crippen LogP contribution in [0.3, 0.4) is 0 Å². The molecular formula is C24H27N3O4. The number of carboxylic acid groups (broad SMARTS) is 2. The summed E-state index contributed by atoms with van der Waals surface area (Å²) in [5.74, 6) is -2.21. The largest absolute Gasteiger partial charge is 0.481 e. The van der Waals surface area contributed by atoms with Gasteiger partial charge in [0.05, 0.1) is 12.5 Å². The number of benzene rings is 2. The van der Waals surface area contributed by atoms with Crippen molar-refractivity contribution in [3.63, 3.8) is 0 Å². The third kappa shape index (κ3) is 4.14. The quantitative estimate of drug-likeness (QED) is 0.542. The average Bonchev–Trinajstić information content (AvgIpc) is 3.11. The molecule has 2 aromatic carbocycles. The Morgan fingerprint density at radius 2 is 1.94 bits per heavy atom. The Morgan fingerprint density at radius 3 is 2.65 bits per heavy atom. The van der Waals surface area contributed by atoms with Crippen molar-refractivity contribution in [1.82, 2.24) is 9.88 Å². The Bertz CT molecular complexity index is 1120. The Kier molecular flexibility index (Phi) is 5.69. The molecule has 2 atom stereocenters. The number of aromatic nitrogens is 1. The van der Waals surface area contributed by atoms with Gasteiger partial charge in [-0.2, -0.15) is 0 Å². The summed E-state index contributed by atoms with van der Waals surface area (Å²) >= 11 is 0. The van der Waals surface area contributed by atoms with E-state index in [1.54, 1.807) is 0 Å². The first kappa shape index (κ1) is 20.9. The van der Waals surface area contributed by atoms with Crippen LogP contribution in [0.4, 0.5) is 5.69 Å². The molecule has 2 unspecified atom stereocenters. The van der Waals surface area contributed by atoms with Gasteiger partial charge < -0.3 is 20.1 Å². The fourth-order valence-corrected chi connectivity index (χ4v) is 4.63. The van der Waals surface area contributed by atoms with Gasteiger partial charge in [0.15, 0.2) is 0 Å². The first-order chi connectivity index (χ1) is 14.8. The molecule has 3 aromatic rings. The Balaban J connectivity index is 1.79. The van der Waals surface area contributed by atoms with Gasteiger partial charge in [-0.15, -0.1) is 0 Å². The fourth-order valence-electron chi connectivity index (χ4n) is 4.63. The molecule has 0 bridgehead atoms. The van der Waals surface area contributed by atoms with E-state index in [-0.39, 0.29) is 6.04 Å². The molecule has 0 saturated heterocycles. The zero-order valence-electron chi connectivity index (χ0n) is 17.7. The van der Waals surface area contributed by atoms with E-state index in [2.05, 4.69) is 17.1 Å². The Hall–Kier alpha value is -3.32. The first-order valence-corrected chi connectivity index (χ1v) is 10.4. The highest BCUT2D eigenvalue weighted by Crippen LogP contribution is 2.38. The number of H-pyrrole nitrogens is 1. The lowest BCUT2D eigenvalue weighted by molar-refractivity contribution is -0.151. The van der Waals surface area contributed by atoms with E-state index in [9.17, 15) is 19.8 Å². The molecule has 1 aromatic heterocycles. The van der Waals surface area contributed by atoms with Gasteiger partial charge in [-0.05, 0) is 42.2 Å². The third-order valence-corrected chi connectivity index (χ3v) is 6.11. The minimum absolute atomic E-state index is 0.256. The van der Waals surface area contributed by atoms with Gasteiger partial charge in [-0.1, -0.05) is 30.3 Å². The summed E-state index contributed by atoms with van der Waals surface area (Å²) < 4.78 is 0. The highest BCUT2D eigenvalue weighted by molar-refractivity contribution is 5.85. The van der Waals surface area contributed by atoms with Crippen molar-refractivity contribution < 1.29 is 19.8 Å². The van der Waals surface area contributed by atoms with Gasteiger partial charge in [0.25, 0.3) is 0 Å². The molecule has 0 radical (unpaired) electrons. The molecule has 162 valence electrons. The van der Waals surface area contributed by atoms with Crippen LogP contribution in [-0.2, 0) is 22.4 Å². The maximum atomic E-state index is 12.0. The molecule has 2 heterocycles. The number of para-hydroxylation sites is 1. The predicted octanol–water partition coefficient (Wildman–Crippen LogP) is 3.30. The molecule has 1 aliphatic rings. The van der Waals surface area contributed by atoms with Crippen LogP contribution in [-0.4, -0.2) is 58.7 Å². The van der Waals surface area contributed by atoms with Crippen molar-refractivity contribution in [3.8, 4) is 0 Å². The number of carbonyl (C=O) groups is 2. The van der Waals surface area contributed by atoms with Gasteiger partial charge in [0.1, 0.15) is 6.04 Å². The number of hydrogen-bond donors (Lipinski definition) is 3. The molecule has 1 aliphatic heterocycles. The molecule has 0 fully saturated rings. The highest BCUT2D eigenvalue weighted by atomic mass is 16.4. The molecule has 31 heavy (non-hydrogen) atoms. The van der Waals surface area contributed by atoms with Crippen LogP contribution in [0.5, 0.6) is 0 Å². The van der Waals surface area contributed by atoms with Gasteiger partial charge in [0.2, 0.25) is 0 Å². The zero-order chi connectivity index (χ0) is 22.1. The molecule has 0 spiro atoms. The second kappa shape index (κ2) is 8.43. The highest BCUT2D eigenvalue weighted by Gasteiger charge is 2.38. The topological polar surface area (TPSA) is 96.9 Å². The fraction of sp³-hybridized carbons (Fsp3) is 0.333. The molecule has 4 rings (SSSR count). The SMILES string of the molecule is CN(C)c1cccc(CC2c3[nH]c4ccccc4c3CCN2C(CC(=O)O)C(=O)O)c1. The smallest absolute Gasteiger partial charge is 0.321 e. The monoisotopic (exact) mass is 421 g/mol. The minimum atomic E-state index is -1.11. The summed E-state index contributed by atoms with van der Waals surface area (Å²) in [7, 11) is 3.96. The molecular weight excluding hydrogens is 394 g/mol. The molecule has 7 nitrogen and oxygen atoms in total. The number of aliphatic carboxylic acids is 2. The second-order valence-corrected chi connectivity index (χ2v) is 8.29. The normalized spacial score (nSPS) is 17.3. The summed E-state index contributed by atoms with van der Waals surface area (Å²) in [4.78, 5) is 30.8. The number of rotatable bonds is 7. The van der Waals surface area contributed by atoms with Gasteiger partial charge in [-0.25, -0.2) is 0 Å². The number of aromatic amines is 1. The van der Waals surface area contributed by atoms with E-state index < -0.39 is 24.4 Å². The van der Waals surface area contributed by atoms with E-state index in [1.807, 2.05) is 60.3 Å². The van der Waals surface area contributed by atoms with Crippen molar-refractivity contribution in [1.29, 1.82) is 0 Å². The van der Waals surface area contributed by atoms with Crippen LogP contribution in [0, 0.1) is 0 Å². The van der Waals surface area contributed by atoms with Crippen LogP contribution in [0.1, 0.15) is 29.3 Å². The Labute approximate surface area is 180 Å². The van der Waals surface area contributed by atoms with Crippen LogP contribution in [0.25, 0.3) is 10.9 Å². The lowest BCUT2D eigenvalue weighted by atomic mass is 9.90. The second-order valence-electron chi connectivity index (χ2n) is 8.29. The lowest BCUT2D eigenvalue weighted by Crippen LogP contribution is -2.48. The number of anilines is 1. The van der Waals surface area contributed by atoms with Crippen molar-refractivity contribution in [2.24, 2.45) is 0 Å². The van der Waals surface area contributed by atoms with E-state index in [0.717, 1.165) is 27.8 Å². The van der Waals surface area contributed by atoms with E-state index in [1.165, 1.54) is 5.56 Å². The average molecular weight is 421 g/mol. The van der Waals surface area contributed by atoms with Crippen molar-refractivity contribution in [2.45, 2.75) is 31.3 Å². The lowest BCUT2D eigenvalue weighted by Gasteiger charge is -2.39. The summed E-state index contributed by atoms with van der Waals surface area (Å²) in [5, 5.41) is 20.3. The zero-order valence-corrected chi connectivity index (χ0v) is 17.7.